The van der Waals surface area contributed by atoms with Crippen LogP contribution >= 0.6 is 23.1 Å². The number of nitrogens with zero attached hydrogens (tertiary/aromatic N) is 5. The second-order valence-corrected chi connectivity index (χ2v) is 9.25. The van der Waals surface area contributed by atoms with Gasteiger partial charge in [0.05, 0.1) is 5.75 Å². The number of thioether (sulfide) groups is 1. The van der Waals surface area contributed by atoms with Crippen LogP contribution in [-0.4, -0.2) is 30.9 Å². The van der Waals surface area contributed by atoms with Gasteiger partial charge >= 0.3 is 0 Å². The molecule has 0 bridgehead atoms. The summed E-state index contributed by atoms with van der Waals surface area (Å²) in [5.41, 5.74) is 2.11. The second kappa shape index (κ2) is 8.99. The van der Waals surface area contributed by atoms with Gasteiger partial charge in [0.2, 0.25) is 5.01 Å². The van der Waals surface area contributed by atoms with E-state index in [1.54, 1.807) is 11.8 Å². The minimum atomic E-state index is -0.207. The lowest BCUT2D eigenvalue weighted by molar-refractivity contribution is 0.0950. The quantitative estimate of drug-likeness (QED) is 0.406. The maximum absolute atomic E-state index is 12.4. The van der Waals surface area contributed by atoms with E-state index in [1.807, 2.05) is 48.5 Å². The smallest absolute Gasteiger partial charge is 0.282 e. The van der Waals surface area contributed by atoms with Gasteiger partial charge in [-0.15, -0.1) is 20.4 Å². The molecule has 0 radical (unpaired) electrons. The van der Waals surface area contributed by atoms with Gasteiger partial charge in [-0.05, 0) is 30.5 Å². The molecule has 7 nitrogen and oxygen atoms in total. The molecule has 0 aliphatic heterocycles. The van der Waals surface area contributed by atoms with Gasteiger partial charge < -0.3 is 5.32 Å². The van der Waals surface area contributed by atoms with E-state index >= 15 is 0 Å². The van der Waals surface area contributed by atoms with Crippen molar-refractivity contribution in [1.82, 2.24) is 30.3 Å². The Morgan fingerprint density at radius 2 is 1.74 bits per heavy atom. The lowest BCUT2D eigenvalue weighted by atomic mass is 10.2. The van der Waals surface area contributed by atoms with Crippen LogP contribution in [0.2, 0.25) is 0 Å². The van der Waals surface area contributed by atoms with E-state index < -0.39 is 0 Å². The Labute approximate surface area is 187 Å². The Balaban J connectivity index is 1.25. The third-order valence-electron chi connectivity index (χ3n) is 4.90. The number of para-hydroxylation sites is 1. The largest absolute Gasteiger partial charge is 0.346 e. The van der Waals surface area contributed by atoms with Crippen LogP contribution < -0.4 is 5.32 Å². The summed E-state index contributed by atoms with van der Waals surface area (Å²) in [5, 5.41) is 22.0. The van der Waals surface area contributed by atoms with Crippen LogP contribution in [0.5, 0.6) is 0 Å². The highest BCUT2D eigenvalue weighted by atomic mass is 32.2. The molecule has 1 aliphatic rings. The molecule has 31 heavy (non-hydrogen) atoms. The normalized spacial score (nSPS) is 13.3. The van der Waals surface area contributed by atoms with Crippen molar-refractivity contribution in [1.29, 1.82) is 0 Å². The Bertz CT molecular complexity index is 1170. The Kier molecular flexibility index (Phi) is 5.77. The van der Waals surface area contributed by atoms with Gasteiger partial charge in [-0.1, -0.05) is 71.6 Å². The number of benzene rings is 2. The number of nitrogens with one attached hydrogen (secondary N) is 1. The van der Waals surface area contributed by atoms with E-state index in [0.717, 1.165) is 40.1 Å². The fourth-order valence-corrected chi connectivity index (χ4v) is 4.88. The molecule has 9 heteroatoms. The third-order valence-corrected chi connectivity index (χ3v) is 6.94. The molecule has 1 amide bonds. The minimum Gasteiger partial charge on any atom is -0.346 e. The second-order valence-electron chi connectivity index (χ2n) is 7.24. The molecular formula is C22H20N6OS2. The van der Waals surface area contributed by atoms with Gasteiger partial charge in [0, 0.05) is 18.2 Å². The zero-order chi connectivity index (χ0) is 21.0. The van der Waals surface area contributed by atoms with Crippen LogP contribution in [-0.2, 0) is 12.3 Å². The first-order chi connectivity index (χ1) is 15.3. The lowest BCUT2D eigenvalue weighted by Crippen LogP contribution is -2.22. The fraction of sp³-hybridized carbons (Fsp3) is 0.227. The number of amides is 1. The van der Waals surface area contributed by atoms with E-state index in [4.69, 9.17) is 0 Å². The summed E-state index contributed by atoms with van der Waals surface area (Å²) in [5.74, 6) is 1.88. The van der Waals surface area contributed by atoms with Crippen molar-refractivity contribution in [3.8, 4) is 5.69 Å². The van der Waals surface area contributed by atoms with Crippen LogP contribution in [0.25, 0.3) is 5.69 Å². The molecule has 5 rings (SSSR count). The van der Waals surface area contributed by atoms with Crippen molar-refractivity contribution in [2.75, 3.05) is 0 Å². The van der Waals surface area contributed by atoms with Gasteiger partial charge in [0.1, 0.15) is 10.8 Å². The maximum Gasteiger partial charge on any atom is 0.282 e. The van der Waals surface area contributed by atoms with Crippen molar-refractivity contribution in [2.24, 2.45) is 0 Å². The number of aromatic nitrogens is 5. The highest BCUT2D eigenvalue weighted by Gasteiger charge is 2.31. The van der Waals surface area contributed by atoms with Gasteiger partial charge in [-0.3, -0.25) is 9.36 Å². The Morgan fingerprint density at radius 3 is 2.48 bits per heavy atom. The predicted octanol–water partition coefficient (Wildman–Crippen LogP) is 4.22. The summed E-state index contributed by atoms with van der Waals surface area (Å²) in [4.78, 5) is 12.4. The van der Waals surface area contributed by atoms with Crippen LogP contribution in [0.15, 0.2) is 65.8 Å². The molecule has 1 aliphatic carbocycles. The van der Waals surface area contributed by atoms with Crippen LogP contribution in [0.3, 0.4) is 0 Å². The summed E-state index contributed by atoms with van der Waals surface area (Å²) in [6, 6.07) is 20.0. The first-order valence-electron chi connectivity index (χ1n) is 10.1. The van der Waals surface area contributed by atoms with Crippen molar-refractivity contribution < 1.29 is 4.79 Å². The van der Waals surface area contributed by atoms with Crippen LogP contribution in [0, 0.1) is 0 Å². The molecule has 0 atom stereocenters. The third kappa shape index (κ3) is 4.67. The lowest BCUT2D eigenvalue weighted by Gasteiger charge is -2.09. The highest BCUT2D eigenvalue weighted by Crippen LogP contribution is 2.41. The highest BCUT2D eigenvalue weighted by molar-refractivity contribution is 7.98. The standard InChI is InChI=1S/C22H20N6OS2/c29-20(23-13-15-7-3-1-4-8-15)21-26-24-18(31-21)14-30-22-27-25-19(16-11-12-16)28(22)17-9-5-2-6-10-17/h1-10,16H,11-14H2,(H,23,29). The Morgan fingerprint density at radius 1 is 1.00 bits per heavy atom. The SMILES string of the molecule is O=C(NCc1ccccc1)c1nnc(CSc2nnc(C3CC3)n2-c2ccccc2)s1. The van der Waals surface area contributed by atoms with Crippen LogP contribution in [0.4, 0.5) is 0 Å². The molecule has 1 saturated carbocycles. The first kappa shape index (κ1) is 19.9. The maximum atomic E-state index is 12.4. The molecule has 4 aromatic rings. The molecule has 0 unspecified atom stereocenters. The molecular weight excluding hydrogens is 428 g/mol. The monoisotopic (exact) mass is 448 g/mol. The molecule has 2 aromatic heterocycles. The number of rotatable bonds is 8. The van der Waals surface area contributed by atoms with Gasteiger partial charge in [0.25, 0.3) is 5.91 Å². The number of hydrogen-bond donors (Lipinski definition) is 1. The van der Waals surface area contributed by atoms with Crippen molar-refractivity contribution >= 4 is 29.0 Å². The fourth-order valence-electron chi connectivity index (χ4n) is 3.18. The van der Waals surface area contributed by atoms with Gasteiger partial charge in [-0.25, -0.2) is 0 Å². The van der Waals surface area contributed by atoms with Crippen LogP contribution in [0.1, 0.15) is 45.0 Å². The van der Waals surface area contributed by atoms with E-state index in [0.29, 0.717) is 23.2 Å². The van der Waals surface area contributed by atoms with E-state index in [1.165, 1.54) is 11.3 Å². The number of carbonyl (C=O) groups is 1. The number of carbonyl (C=O) groups excluding carboxylic acids is 1. The number of hydrogen-bond acceptors (Lipinski definition) is 7. The van der Waals surface area contributed by atoms with Gasteiger partial charge in [-0.2, -0.15) is 0 Å². The predicted molar refractivity (Wildman–Crippen MR) is 120 cm³/mol. The molecule has 0 spiro atoms. The molecule has 2 heterocycles. The zero-order valence-corrected chi connectivity index (χ0v) is 18.3. The summed E-state index contributed by atoms with van der Waals surface area (Å²) >= 11 is 2.87. The molecule has 156 valence electrons. The topological polar surface area (TPSA) is 85.6 Å². The summed E-state index contributed by atoms with van der Waals surface area (Å²) in [7, 11) is 0. The van der Waals surface area contributed by atoms with E-state index in [-0.39, 0.29) is 5.91 Å². The molecule has 2 aromatic carbocycles. The average molecular weight is 449 g/mol. The Hall–Kier alpha value is -3.04. The van der Waals surface area contributed by atoms with Crippen molar-refractivity contribution in [2.45, 2.75) is 36.2 Å². The van der Waals surface area contributed by atoms with E-state index in [9.17, 15) is 4.79 Å². The average Bonchev–Trinajstić information content (AvgIpc) is 3.40. The molecule has 0 saturated heterocycles. The minimum absolute atomic E-state index is 0.207. The van der Waals surface area contributed by atoms with Gasteiger partial charge in [0.15, 0.2) is 5.16 Å². The summed E-state index contributed by atoms with van der Waals surface area (Å²) < 4.78 is 2.14. The summed E-state index contributed by atoms with van der Waals surface area (Å²) in [6.45, 7) is 0.466. The van der Waals surface area contributed by atoms with Crippen molar-refractivity contribution in [3.63, 3.8) is 0 Å². The molecule has 1 N–H and O–H groups in total. The molecule has 1 fully saturated rings. The van der Waals surface area contributed by atoms with E-state index in [2.05, 4.69) is 42.4 Å². The first-order valence-corrected chi connectivity index (χ1v) is 11.9. The zero-order valence-electron chi connectivity index (χ0n) is 16.6. The summed E-state index contributed by atoms with van der Waals surface area (Å²) in [6.07, 6.45) is 2.32. The van der Waals surface area contributed by atoms with Crippen molar-refractivity contribution in [3.05, 3.63) is 82.1 Å².